The van der Waals surface area contributed by atoms with Crippen molar-refractivity contribution in [3.63, 3.8) is 0 Å². The van der Waals surface area contributed by atoms with E-state index in [9.17, 15) is 0 Å². The summed E-state index contributed by atoms with van der Waals surface area (Å²) < 4.78 is 11.0. The zero-order valence-corrected chi connectivity index (χ0v) is 12.2. The number of hydrogen-bond acceptors (Lipinski definition) is 2. The molecule has 0 aliphatic rings. The van der Waals surface area contributed by atoms with E-state index in [0.717, 1.165) is 12.2 Å². The molecule has 19 heavy (non-hydrogen) atoms. The van der Waals surface area contributed by atoms with Gasteiger partial charge < -0.3 is 9.47 Å². The predicted octanol–water partition coefficient (Wildman–Crippen LogP) is 4.74. The van der Waals surface area contributed by atoms with Crippen LogP contribution >= 0.6 is 0 Å². The molecule has 1 aromatic rings. The van der Waals surface area contributed by atoms with Crippen molar-refractivity contribution in [1.82, 2.24) is 0 Å². The van der Waals surface area contributed by atoms with Crippen LogP contribution in [-0.2, 0) is 11.3 Å². The Kier molecular flexibility index (Phi) is 7.99. The lowest BCUT2D eigenvalue weighted by Crippen LogP contribution is -2.09. The van der Waals surface area contributed by atoms with Crippen LogP contribution in [0.15, 0.2) is 36.9 Å². The van der Waals surface area contributed by atoms with Crippen molar-refractivity contribution in [3.8, 4) is 5.75 Å². The fourth-order valence-corrected chi connectivity index (χ4v) is 1.97. The average molecular weight is 262 g/mol. The number of ether oxygens (including phenoxy) is 2. The summed E-state index contributed by atoms with van der Waals surface area (Å²) in [5, 5.41) is 0. The average Bonchev–Trinajstić information content (AvgIpc) is 2.47. The van der Waals surface area contributed by atoms with Gasteiger partial charge in [0.25, 0.3) is 0 Å². The van der Waals surface area contributed by atoms with Crippen LogP contribution in [0.1, 0.15) is 44.6 Å². The molecule has 0 N–H and O–H groups in total. The fourth-order valence-electron chi connectivity index (χ4n) is 1.97. The second kappa shape index (κ2) is 9.62. The molecule has 0 heterocycles. The van der Waals surface area contributed by atoms with E-state index in [-0.39, 0.29) is 6.10 Å². The summed E-state index contributed by atoms with van der Waals surface area (Å²) in [7, 11) is 1.68. The van der Waals surface area contributed by atoms with Gasteiger partial charge in [-0.1, -0.05) is 50.8 Å². The van der Waals surface area contributed by atoms with Gasteiger partial charge in [-0.15, -0.1) is 6.58 Å². The zero-order chi connectivity index (χ0) is 13.9. The molecule has 1 rings (SSSR count). The summed E-state index contributed by atoms with van der Waals surface area (Å²) >= 11 is 0. The van der Waals surface area contributed by atoms with Crippen molar-refractivity contribution in [2.75, 3.05) is 7.11 Å². The molecule has 0 bridgehead atoms. The molecule has 0 unspecified atom stereocenters. The van der Waals surface area contributed by atoms with Crippen molar-refractivity contribution in [1.29, 1.82) is 0 Å². The number of unbranched alkanes of at least 4 members (excludes halogenated alkanes) is 3. The van der Waals surface area contributed by atoms with E-state index >= 15 is 0 Å². The Morgan fingerprint density at radius 3 is 2.47 bits per heavy atom. The largest absolute Gasteiger partial charge is 0.497 e. The van der Waals surface area contributed by atoms with Crippen LogP contribution in [0, 0.1) is 0 Å². The molecule has 2 heteroatoms. The van der Waals surface area contributed by atoms with Gasteiger partial charge in [0.15, 0.2) is 0 Å². The van der Waals surface area contributed by atoms with E-state index in [1.54, 1.807) is 7.11 Å². The smallest absolute Gasteiger partial charge is 0.118 e. The minimum atomic E-state index is 0.166. The summed E-state index contributed by atoms with van der Waals surface area (Å²) in [5.41, 5.74) is 1.17. The van der Waals surface area contributed by atoms with Crippen molar-refractivity contribution >= 4 is 0 Å². The Balaban J connectivity index is 2.29. The van der Waals surface area contributed by atoms with Crippen molar-refractivity contribution in [2.45, 2.75) is 51.7 Å². The molecule has 1 atom stereocenters. The maximum Gasteiger partial charge on any atom is 0.118 e. The maximum atomic E-state index is 5.87. The van der Waals surface area contributed by atoms with Gasteiger partial charge in [0.2, 0.25) is 0 Å². The molecule has 0 saturated carbocycles. The third kappa shape index (κ3) is 6.44. The summed E-state index contributed by atoms with van der Waals surface area (Å²) in [6.07, 6.45) is 8.22. The minimum absolute atomic E-state index is 0.166. The molecule has 2 nitrogen and oxygen atoms in total. The molecule has 0 spiro atoms. The van der Waals surface area contributed by atoms with E-state index in [1.807, 2.05) is 30.3 Å². The molecule has 0 radical (unpaired) electrons. The zero-order valence-electron chi connectivity index (χ0n) is 12.2. The molecule has 0 amide bonds. The molecule has 0 aromatic heterocycles. The van der Waals surface area contributed by atoms with Crippen molar-refractivity contribution < 1.29 is 9.47 Å². The fraction of sp³-hybridized carbons (Fsp3) is 0.529. The molecule has 1 aromatic carbocycles. The first-order valence-electron chi connectivity index (χ1n) is 7.17. The van der Waals surface area contributed by atoms with Crippen LogP contribution in [0.5, 0.6) is 5.75 Å². The number of benzene rings is 1. The topological polar surface area (TPSA) is 18.5 Å². The number of methoxy groups -OCH3 is 1. The van der Waals surface area contributed by atoms with Crippen LogP contribution in [0.3, 0.4) is 0 Å². The Morgan fingerprint density at radius 2 is 1.89 bits per heavy atom. The first kappa shape index (κ1) is 15.8. The highest BCUT2D eigenvalue weighted by atomic mass is 16.5. The predicted molar refractivity (Wildman–Crippen MR) is 80.5 cm³/mol. The third-order valence-electron chi connectivity index (χ3n) is 3.23. The van der Waals surface area contributed by atoms with Gasteiger partial charge in [0.05, 0.1) is 19.8 Å². The van der Waals surface area contributed by atoms with Gasteiger partial charge in [-0.25, -0.2) is 0 Å². The lowest BCUT2D eigenvalue weighted by atomic mass is 10.1. The summed E-state index contributed by atoms with van der Waals surface area (Å²) in [6, 6.07) is 8.00. The first-order chi connectivity index (χ1) is 9.30. The SMILES string of the molecule is C=C[C@H](CCCCCC)OCc1ccc(OC)cc1. The van der Waals surface area contributed by atoms with Crippen molar-refractivity contribution in [2.24, 2.45) is 0 Å². The molecule has 0 aliphatic carbocycles. The summed E-state index contributed by atoms with van der Waals surface area (Å²) in [6.45, 7) is 6.72. The van der Waals surface area contributed by atoms with E-state index in [1.165, 1.54) is 31.2 Å². The summed E-state index contributed by atoms with van der Waals surface area (Å²) in [5.74, 6) is 0.878. The summed E-state index contributed by atoms with van der Waals surface area (Å²) in [4.78, 5) is 0. The molecule has 0 saturated heterocycles. The van der Waals surface area contributed by atoms with Crippen LogP contribution in [-0.4, -0.2) is 13.2 Å². The molecule has 0 aliphatic heterocycles. The van der Waals surface area contributed by atoms with Gasteiger partial charge in [0.1, 0.15) is 5.75 Å². The van der Waals surface area contributed by atoms with Gasteiger partial charge in [-0.3, -0.25) is 0 Å². The third-order valence-corrected chi connectivity index (χ3v) is 3.23. The molecule has 106 valence electrons. The van der Waals surface area contributed by atoms with Gasteiger partial charge in [0, 0.05) is 0 Å². The maximum absolute atomic E-state index is 5.87. The highest BCUT2D eigenvalue weighted by Crippen LogP contribution is 2.15. The van der Waals surface area contributed by atoms with Gasteiger partial charge in [-0.05, 0) is 24.1 Å². The number of hydrogen-bond donors (Lipinski definition) is 0. The van der Waals surface area contributed by atoms with E-state index < -0.39 is 0 Å². The Labute approximate surface area is 117 Å². The first-order valence-corrected chi connectivity index (χ1v) is 7.17. The van der Waals surface area contributed by atoms with Crippen LogP contribution in [0.25, 0.3) is 0 Å². The Morgan fingerprint density at radius 1 is 1.16 bits per heavy atom. The van der Waals surface area contributed by atoms with Crippen molar-refractivity contribution in [3.05, 3.63) is 42.5 Å². The number of rotatable bonds is 10. The Hall–Kier alpha value is -1.28. The molecular weight excluding hydrogens is 236 g/mol. The second-order valence-corrected chi connectivity index (χ2v) is 4.78. The molecular formula is C17H26O2. The highest BCUT2D eigenvalue weighted by Gasteiger charge is 2.04. The van der Waals surface area contributed by atoms with E-state index in [0.29, 0.717) is 6.61 Å². The van der Waals surface area contributed by atoms with E-state index in [4.69, 9.17) is 9.47 Å². The van der Waals surface area contributed by atoms with Gasteiger partial charge >= 0.3 is 0 Å². The Bertz CT molecular complexity index is 343. The quantitative estimate of drug-likeness (QED) is 0.448. The highest BCUT2D eigenvalue weighted by molar-refractivity contribution is 5.26. The standard InChI is InChI=1S/C17H26O2/c1-4-6-7-8-9-16(5-2)19-14-15-10-12-17(18-3)13-11-15/h5,10-13,16H,2,4,6-9,14H2,1,3H3/t16-/m1/s1. The van der Waals surface area contributed by atoms with Gasteiger partial charge in [-0.2, -0.15) is 0 Å². The normalized spacial score (nSPS) is 12.1. The van der Waals surface area contributed by atoms with Crippen LogP contribution < -0.4 is 4.74 Å². The molecule has 0 fully saturated rings. The second-order valence-electron chi connectivity index (χ2n) is 4.78. The van der Waals surface area contributed by atoms with E-state index in [2.05, 4.69) is 13.5 Å². The minimum Gasteiger partial charge on any atom is -0.497 e. The van der Waals surface area contributed by atoms with Crippen LogP contribution in [0.2, 0.25) is 0 Å². The van der Waals surface area contributed by atoms with Crippen LogP contribution in [0.4, 0.5) is 0 Å². The monoisotopic (exact) mass is 262 g/mol. The lowest BCUT2D eigenvalue weighted by molar-refractivity contribution is 0.0649. The lowest BCUT2D eigenvalue weighted by Gasteiger charge is -2.14.